The van der Waals surface area contributed by atoms with Gasteiger partial charge in [-0.2, -0.15) is 0 Å². The van der Waals surface area contributed by atoms with Gasteiger partial charge in [0.15, 0.2) is 0 Å². The Balaban J connectivity index is 2.18. The lowest BCUT2D eigenvalue weighted by Crippen LogP contribution is -2.01. The highest BCUT2D eigenvalue weighted by Crippen LogP contribution is 2.30. The molecule has 1 aliphatic rings. The number of hydrogen-bond donors (Lipinski definition) is 0. The second-order valence-electron chi connectivity index (χ2n) is 4.89. The normalized spacial score (nSPS) is 14.2. The Morgan fingerprint density at radius 2 is 2.10 bits per heavy atom. The van der Waals surface area contributed by atoms with E-state index in [9.17, 15) is 4.79 Å². The summed E-state index contributed by atoms with van der Waals surface area (Å²) in [7, 11) is 1.41. The minimum absolute atomic E-state index is 0.292. The molecule has 2 heteroatoms. The third kappa shape index (κ3) is 2.25. The summed E-state index contributed by atoms with van der Waals surface area (Å²) >= 11 is 0. The monoisotopic (exact) mass is 264 g/mol. The number of hydrogen-bond acceptors (Lipinski definition) is 2. The zero-order valence-corrected chi connectivity index (χ0v) is 11.4. The van der Waals surface area contributed by atoms with Crippen molar-refractivity contribution < 1.29 is 9.53 Å². The number of esters is 1. The van der Waals surface area contributed by atoms with Crippen molar-refractivity contribution in [3.63, 3.8) is 0 Å². The Labute approximate surface area is 118 Å². The van der Waals surface area contributed by atoms with Crippen LogP contribution >= 0.6 is 0 Å². The molecule has 2 nitrogen and oxygen atoms in total. The van der Waals surface area contributed by atoms with E-state index in [0.717, 1.165) is 23.6 Å². The summed E-state index contributed by atoms with van der Waals surface area (Å²) in [6, 6.07) is 12.0. The minimum atomic E-state index is -0.292. The number of methoxy groups -OCH3 is 1. The summed E-state index contributed by atoms with van der Waals surface area (Å²) in [5.41, 5.74) is 3.12. The van der Waals surface area contributed by atoms with Gasteiger partial charge in [-0.1, -0.05) is 42.5 Å². The van der Waals surface area contributed by atoms with Gasteiger partial charge >= 0.3 is 5.97 Å². The number of rotatable bonds is 2. The van der Waals surface area contributed by atoms with E-state index in [1.54, 1.807) is 0 Å². The molecule has 0 aromatic heterocycles. The van der Waals surface area contributed by atoms with Crippen molar-refractivity contribution in [2.45, 2.75) is 12.8 Å². The molecule has 0 atom stereocenters. The largest absolute Gasteiger partial charge is 0.465 e. The molecule has 0 fully saturated rings. The molecule has 0 unspecified atom stereocenters. The summed E-state index contributed by atoms with van der Waals surface area (Å²) in [6.07, 6.45) is 8.54. The Kier molecular flexibility index (Phi) is 3.38. The number of fused-ring (bicyclic) bond motifs is 1. The van der Waals surface area contributed by atoms with E-state index in [0.29, 0.717) is 5.56 Å². The molecule has 0 heterocycles. The zero-order valence-electron chi connectivity index (χ0n) is 11.4. The van der Waals surface area contributed by atoms with E-state index in [1.807, 2.05) is 18.2 Å². The molecule has 0 bridgehead atoms. The Hall–Kier alpha value is -2.35. The summed E-state index contributed by atoms with van der Waals surface area (Å²) in [5.74, 6) is -0.292. The fourth-order valence-electron chi connectivity index (χ4n) is 2.62. The highest BCUT2D eigenvalue weighted by atomic mass is 16.5. The molecule has 2 aromatic carbocycles. The molecular formula is C18H16O2. The van der Waals surface area contributed by atoms with Gasteiger partial charge in [0.25, 0.3) is 0 Å². The van der Waals surface area contributed by atoms with Crippen LogP contribution in [0.15, 0.2) is 54.6 Å². The predicted octanol–water partition coefficient (Wildman–Crippen LogP) is 4.36. The molecule has 0 aliphatic heterocycles. The Morgan fingerprint density at radius 3 is 2.85 bits per heavy atom. The predicted molar refractivity (Wildman–Crippen MR) is 81.6 cm³/mol. The van der Waals surface area contributed by atoms with Crippen LogP contribution in [-0.4, -0.2) is 13.1 Å². The highest BCUT2D eigenvalue weighted by Gasteiger charge is 2.11. The lowest BCUT2D eigenvalue weighted by atomic mass is 9.92. The molecule has 0 spiro atoms. The molecule has 0 amide bonds. The van der Waals surface area contributed by atoms with Gasteiger partial charge in [-0.15, -0.1) is 0 Å². The van der Waals surface area contributed by atoms with Crippen LogP contribution in [0.4, 0.5) is 0 Å². The van der Waals surface area contributed by atoms with E-state index in [2.05, 4.69) is 36.4 Å². The summed E-state index contributed by atoms with van der Waals surface area (Å²) in [6.45, 7) is 0. The van der Waals surface area contributed by atoms with Crippen LogP contribution in [0.5, 0.6) is 0 Å². The zero-order chi connectivity index (χ0) is 13.9. The third-order valence-corrected chi connectivity index (χ3v) is 3.66. The molecule has 0 N–H and O–H groups in total. The molecule has 0 saturated carbocycles. The first-order valence-corrected chi connectivity index (χ1v) is 6.77. The third-order valence-electron chi connectivity index (χ3n) is 3.66. The lowest BCUT2D eigenvalue weighted by Gasteiger charge is -2.13. The van der Waals surface area contributed by atoms with Crippen LogP contribution in [0.2, 0.25) is 0 Å². The number of carbonyl (C=O) groups is 1. The van der Waals surface area contributed by atoms with Crippen molar-refractivity contribution in [1.82, 2.24) is 0 Å². The first kappa shape index (κ1) is 12.7. The molecule has 20 heavy (non-hydrogen) atoms. The van der Waals surface area contributed by atoms with Crippen LogP contribution in [0.3, 0.4) is 0 Å². The number of benzene rings is 2. The van der Waals surface area contributed by atoms with Crippen LogP contribution in [-0.2, 0) is 4.74 Å². The maximum atomic E-state index is 11.7. The van der Waals surface area contributed by atoms with Gasteiger partial charge in [0, 0.05) is 0 Å². The number of allylic oxidation sites excluding steroid dienone is 4. The van der Waals surface area contributed by atoms with Crippen molar-refractivity contribution in [3.8, 4) is 0 Å². The van der Waals surface area contributed by atoms with Gasteiger partial charge in [0.05, 0.1) is 12.7 Å². The van der Waals surface area contributed by atoms with Gasteiger partial charge in [0.2, 0.25) is 0 Å². The van der Waals surface area contributed by atoms with Crippen LogP contribution in [0.25, 0.3) is 16.3 Å². The van der Waals surface area contributed by atoms with Crippen molar-refractivity contribution in [2.24, 2.45) is 0 Å². The van der Waals surface area contributed by atoms with E-state index >= 15 is 0 Å². The number of ether oxygens (including phenoxy) is 1. The smallest absolute Gasteiger partial charge is 0.337 e. The average Bonchev–Trinajstić information content (AvgIpc) is 2.54. The number of carbonyl (C=O) groups excluding carboxylic acids is 1. The molecule has 100 valence electrons. The molecule has 2 aromatic rings. The van der Waals surface area contributed by atoms with E-state index in [-0.39, 0.29) is 5.97 Å². The van der Waals surface area contributed by atoms with Crippen LogP contribution in [0.1, 0.15) is 28.8 Å². The molecule has 0 radical (unpaired) electrons. The quantitative estimate of drug-likeness (QED) is 0.753. The molecular weight excluding hydrogens is 248 g/mol. The van der Waals surface area contributed by atoms with Crippen LogP contribution in [0, 0.1) is 0 Å². The van der Waals surface area contributed by atoms with Gasteiger partial charge in [-0.25, -0.2) is 4.79 Å². The molecule has 3 rings (SSSR count). The second-order valence-corrected chi connectivity index (χ2v) is 4.89. The van der Waals surface area contributed by atoms with Crippen molar-refractivity contribution in [2.75, 3.05) is 7.11 Å². The van der Waals surface area contributed by atoms with E-state index in [4.69, 9.17) is 4.74 Å². The maximum absolute atomic E-state index is 11.7. The Bertz CT molecular complexity index is 723. The SMILES string of the molecule is COC(=O)c1ccc2cccc(C3=CC=CCC3)c2c1. The molecule has 1 aliphatic carbocycles. The second kappa shape index (κ2) is 5.33. The first-order chi connectivity index (χ1) is 9.79. The average molecular weight is 264 g/mol. The van der Waals surface area contributed by atoms with Crippen molar-refractivity contribution in [3.05, 3.63) is 65.8 Å². The van der Waals surface area contributed by atoms with Gasteiger partial charge in [0.1, 0.15) is 0 Å². The summed E-state index contributed by atoms with van der Waals surface area (Å²) in [5, 5.41) is 2.25. The standard InChI is InChI=1S/C18H16O2/c1-20-18(19)15-11-10-14-8-5-9-16(17(14)12-15)13-6-3-2-4-7-13/h2-3,5-6,8-12H,4,7H2,1H3. The van der Waals surface area contributed by atoms with Gasteiger partial charge in [-0.05, 0) is 46.9 Å². The fourth-order valence-corrected chi connectivity index (χ4v) is 2.62. The molecule has 0 saturated heterocycles. The Morgan fingerprint density at radius 1 is 1.20 bits per heavy atom. The van der Waals surface area contributed by atoms with Crippen molar-refractivity contribution >= 4 is 22.3 Å². The summed E-state index contributed by atoms with van der Waals surface area (Å²) in [4.78, 5) is 11.7. The van der Waals surface area contributed by atoms with Crippen molar-refractivity contribution in [1.29, 1.82) is 0 Å². The maximum Gasteiger partial charge on any atom is 0.337 e. The lowest BCUT2D eigenvalue weighted by molar-refractivity contribution is 0.0601. The topological polar surface area (TPSA) is 26.3 Å². The van der Waals surface area contributed by atoms with E-state index in [1.165, 1.54) is 18.2 Å². The van der Waals surface area contributed by atoms with Gasteiger partial charge in [-0.3, -0.25) is 0 Å². The van der Waals surface area contributed by atoms with Crippen LogP contribution < -0.4 is 0 Å². The first-order valence-electron chi connectivity index (χ1n) is 6.77. The van der Waals surface area contributed by atoms with Gasteiger partial charge < -0.3 is 4.74 Å². The fraction of sp³-hybridized carbons (Fsp3) is 0.167. The highest BCUT2D eigenvalue weighted by molar-refractivity contribution is 6.00. The summed E-state index contributed by atoms with van der Waals surface area (Å²) < 4.78 is 4.81. The van der Waals surface area contributed by atoms with E-state index < -0.39 is 0 Å². The minimum Gasteiger partial charge on any atom is -0.465 e.